The SMILES string of the molecule is Cc1nc([C@@H](Cc2c[nH]c3ccccc23)N(C(=O)O)C(C)(C)C)oc1C. The minimum absolute atomic E-state index is 0.433. The van der Waals surface area contributed by atoms with Crippen molar-refractivity contribution in [3.63, 3.8) is 0 Å². The zero-order chi connectivity index (χ0) is 19.1. The van der Waals surface area contributed by atoms with Gasteiger partial charge in [0.1, 0.15) is 11.8 Å². The van der Waals surface area contributed by atoms with Crippen LogP contribution in [0, 0.1) is 13.8 Å². The number of benzene rings is 1. The Morgan fingerprint density at radius 2 is 2.00 bits per heavy atom. The lowest BCUT2D eigenvalue weighted by atomic mass is 9.98. The van der Waals surface area contributed by atoms with Crippen molar-refractivity contribution in [2.75, 3.05) is 0 Å². The van der Waals surface area contributed by atoms with Gasteiger partial charge in [-0.2, -0.15) is 0 Å². The molecule has 6 nitrogen and oxygen atoms in total. The van der Waals surface area contributed by atoms with Crippen LogP contribution < -0.4 is 0 Å². The molecule has 3 aromatic rings. The van der Waals surface area contributed by atoms with Crippen LogP contribution in [0.2, 0.25) is 0 Å². The quantitative estimate of drug-likeness (QED) is 0.702. The lowest BCUT2D eigenvalue weighted by Crippen LogP contribution is -2.48. The van der Waals surface area contributed by atoms with Crippen LogP contribution >= 0.6 is 0 Å². The second-order valence-electron chi connectivity index (χ2n) is 7.60. The van der Waals surface area contributed by atoms with Gasteiger partial charge in [-0.15, -0.1) is 0 Å². The van der Waals surface area contributed by atoms with Gasteiger partial charge in [-0.1, -0.05) is 18.2 Å². The van der Waals surface area contributed by atoms with Crippen LogP contribution in [0.4, 0.5) is 4.79 Å². The number of carbonyl (C=O) groups is 1. The number of oxazole rings is 1. The summed E-state index contributed by atoms with van der Waals surface area (Å²) in [6, 6.07) is 7.48. The number of aromatic amines is 1. The molecule has 1 atom stereocenters. The van der Waals surface area contributed by atoms with Crippen molar-refractivity contribution in [1.82, 2.24) is 14.9 Å². The molecular weight excluding hydrogens is 330 g/mol. The zero-order valence-electron chi connectivity index (χ0n) is 15.8. The van der Waals surface area contributed by atoms with Crippen LogP contribution in [0.25, 0.3) is 10.9 Å². The van der Waals surface area contributed by atoms with E-state index in [1.165, 1.54) is 4.90 Å². The fourth-order valence-corrected chi connectivity index (χ4v) is 3.33. The first-order valence-electron chi connectivity index (χ1n) is 8.69. The highest BCUT2D eigenvalue weighted by molar-refractivity contribution is 5.83. The average molecular weight is 355 g/mol. The fraction of sp³-hybridized carbons (Fsp3) is 0.400. The molecule has 138 valence electrons. The molecule has 2 aromatic heterocycles. The van der Waals surface area contributed by atoms with Crippen molar-refractivity contribution in [3.8, 4) is 0 Å². The normalized spacial score (nSPS) is 13.1. The smallest absolute Gasteiger partial charge is 0.408 e. The Kier molecular flexibility index (Phi) is 4.52. The molecule has 1 amide bonds. The second-order valence-corrected chi connectivity index (χ2v) is 7.60. The maximum absolute atomic E-state index is 12.1. The summed E-state index contributed by atoms with van der Waals surface area (Å²) in [5.41, 5.74) is 2.25. The summed E-state index contributed by atoms with van der Waals surface area (Å²) in [6.07, 6.45) is 1.42. The van der Waals surface area contributed by atoms with Gasteiger partial charge in [0.25, 0.3) is 0 Å². The summed E-state index contributed by atoms with van der Waals surface area (Å²) in [4.78, 5) is 21.3. The van der Waals surface area contributed by atoms with E-state index in [2.05, 4.69) is 9.97 Å². The topological polar surface area (TPSA) is 82.4 Å². The molecule has 0 saturated carbocycles. The van der Waals surface area contributed by atoms with Crippen molar-refractivity contribution in [2.45, 2.75) is 52.6 Å². The molecule has 2 heterocycles. The highest BCUT2D eigenvalue weighted by Gasteiger charge is 2.37. The number of amides is 1. The molecule has 0 radical (unpaired) electrons. The van der Waals surface area contributed by atoms with E-state index >= 15 is 0 Å². The average Bonchev–Trinajstić information content (AvgIpc) is 3.09. The highest BCUT2D eigenvalue weighted by atomic mass is 16.4. The molecule has 0 spiro atoms. The Morgan fingerprint density at radius 1 is 1.31 bits per heavy atom. The molecule has 26 heavy (non-hydrogen) atoms. The van der Waals surface area contributed by atoms with Gasteiger partial charge < -0.3 is 14.5 Å². The van der Waals surface area contributed by atoms with E-state index in [1.807, 2.05) is 65.1 Å². The molecule has 0 aliphatic carbocycles. The van der Waals surface area contributed by atoms with Crippen molar-refractivity contribution >= 4 is 17.0 Å². The standard InChI is InChI=1S/C20H25N3O3/c1-12-13(2)26-18(22-12)17(23(19(24)25)20(3,4)5)10-14-11-21-16-9-7-6-8-15(14)16/h6-9,11,17,21H,10H2,1-5H3,(H,24,25)/t17-/m1/s1. The van der Waals surface area contributed by atoms with E-state index in [9.17, 15) is 9.90 Å². The van der Waals surface area contributed by atoms with Gasteiger partial charge in [0.15, 0.2) is 0 Å². The number of aromatic nitrogens is 2. The van der Waals surface area contributed by atoms with Crippen molar-refractivity contribution in [3.05, 3.63) is 53.4 Å². The Labute approximate surface area is 152 Å². The number of fused-ring (bicyclic) bond motifs is 1. The summed E-state index contributed by atoms with van der Waals surface area (Å²) in [6.45, 7) is 9.36. The van der Waals surface area contributed by atoms with Gasteiger partial charge in [0, 0.05) is 29.1 Å². The molecule has 0 aliphatic rings. The summed E-state index contributed by atoms with van der Waals surface area (Å²) < 4.78 is 5.84. The minimum Gasteiger partial charge on any atom is -0.465 e. The van der Waals surface area contributed by atoms with Crippen LogP contribution in [0.1, 0.15) is 49.7 Å². The van der Waals surface area contributed by atoms with Gasteiger partial charge in [0.05, 0.1) is 5.69 Å². The second kappa shape index (κ2) is 6.52. The van der Waals surface area contributed by atoms with Crippen LogP contribution in [0.5, 0.6) is 0 Å². The third kappa shape index (κ3) is 3.31. The molecule has 0 saturated heterocycles. The predicted molar refractivity (Wildman–Crippen MR) is 100 cm³/mol. The number of nitrogens with zero attached hydrogens (tertiary/aromatic N) is 2. The third-order valence-electron chi connectivity index (χ3n) is 4.66. The number of carboxylic acid groups (broad SMARTS) is 1. The molecular formula is C20H25N3O3. The van der Waals surface area contributed by atoms with Gasteiger partial charge >= 0.3 is 6.09 Å². The lowest BCUT2D eigenvalue weighted by Gasteiger charge is -2.38. The van der Waals surface area contributed by atoms with Crippen LogP contribution in [-0.2, 0) is 6.42 Å². The molecule has 1 aromatic carbocycles. The molecule has 0 bridgehead atoms. The lowest BCUT2D eigenvalue weighted by molar-refractivity contribution is 0.0600. The first kappa shape index (κ1) is 18.0. The number of hydrogen-bond donors (Lipinski definition) is 2. The Morgan fingerprint density at radius 3 is 2.58 bits per heavy atom. The Bertz CT molecular complexity index is 914. The summed E-state index contributed by atoms with van der Waals surface area (Å²) in [5, 5.41) is 11.0. The third-order valence-corrected chi connectivity index (χ3v) is 4.66. The van der Waals surface area contributed by atoms with Gasteiger partial charge in [-0.25, -0.2) is 9.78 Å². The van der Waals surface area contributed by atoms with E-state index in [0.717, 1.165) is 22.2 Å². The predicted octanol–water partition coefficient (Wildman–Crippen LogP) is 4.84. The van der Waals surface area contributed by atoms with Gasteiger partial charge in [0.2, 0.25) is 5.89 Å². The van der Waals surface area contributed by atoms with E-state index in [0.29, 0.717) is 18.1 Å². The minimum atomic E-state index is -0.990. The zero-order valence-corrected chi connectivity index (χ0v) is 15.8. The molecule has 0 aliphatic heterocycles. The largest absolute Gasteiger partial charge is 0.465 e. The number of para-hydroxylation sites is 1. The molecule has 6 heteroatoms. The summed E-state index contributed by atoms with van der Waals surface area (Å²) in [5.74, 6) is 1.14. The first-order chi connectivity index (χ1) is 12.2. The molecule has 2 N–H and O–H groups in total. The fourth-order valence-electron chi connectivity index (χ4n) is 3.33. The highest BCUT2D eigenvalue weighted by Crippen LogP contribution is 2.33. The number of nitrogens with one attached hydrogen (secondary N) is 1. The molecule has 3 rings (SSSR count). The van der Waals surface area contributed by atoms with E-state index in [4.69, 9.17) is 4.42 Å². The van der Waals surface area contributed by atoms with Crippen LogP contribution in [0.15, 0.2) is 34.9 Å². The summed E-state index contributed by atoms with van der Waals surface area (Å²) >= 11 is 0. The van der Waals surface area contributed by atoms with Gasteiger partial charge in [-0.05, 0) is 46.2 Å². The number of aryl methyl sites for hydroxylation is 2. The van der Waals surface area contributed by atoms with E-state index < -0.39 is 17.7 Å². The van der Waals surface area contributed by atoms with Crippen molar-refractivity contribution in [1.29, 1.82) is 0 Å². The van der Waals surface area contributed by atoms with Gasteiger partial charge in [-0.3, -0.25) is 4.90 Å². The van der Waals surface area contributed by atoms with Crippen molar-refractivity contribution in [2.24, 2.45) is 0 Å². The van der Waals surface area contributed by atoms with E-state index in [1.54, 1.807) is 0 Å². The van der Waals surface area contributed by atoms with Crippen LogP contribution in [-0.4, -0.2) is 31.6 Å². The maximum atomic E-state index is 12.1. The Balaban J connectivity index is 2.09. The van der Waals surface area contributed by atoms with E-state index in [-0.39, 0.29) is 0 Å². The number of rotatable bonds is 4. The number of H-pyrrole nitrogens is 1. The molecule has 0 fully saturated rings. The molecule has 0 unspecified atom stereocenters. The first-order valence-corrected chi connectivity index (χ1v) is 8.69. The maximum Gasteiger partial charge on any atom is 0.408 e. The Hall–Kier alpha value is -2.76. The number of hydrogen-bond acceptors (Lipinski definition) is 3. The van der Waals surface area contributed by atoms with Crippen LogP contribution in [0.3, 0.4) is 0 Å². The van der Waals surface area contributed by atoms with Crippen molar-refractivity contribution < 1.29 is 14.3 Å². The monoisotopic (exact) mass is 355 g/mol. The summed E-state index contributed by atoms with van der Waals surface area (Å²) in [7, 11) is 0.